The van der Waals surface area contributed by atoms with Gasteiger partial charge in [-0.15, -0.1) is 0 Å². The summed E-state index contributed by atoms with van der Waals surface area (Å²) < 4.78 is 30.7. The van der Waals surface area contributed by atoms with E-state index in [2.05, 4.69) is 15.1 Å². The van der Waals surface area contributed by atoms with Gasteiger partial charge in [0, 0.05) is 38.3 Å². The van der Waals surface area contributed by atoms with Crippen molar-refractivity contribution in [1.82, 2.24) is 29.2 Å². The average Bonchev–Trinajstić information content (AvgIpc) is 3.57. The fraction of sp³-hybridized carbons (Fsp3) is 0.321. The summed E-state index contributed by atoms with van der Waals surface area (Å²) in [4.78, 5) is 36.5. The molecule has 1 aliphatic rings. The van der Waals surface area contributed by atoms with Gasteiger partial charge in [-0.2, -0.15) is 10.1 Å². The van der Waals surface area contributed by atoms with Crippen LogP contribution in [0.1, 0.15) is 53.4 Å². The molecule has 1 aromatic carbocycles. The van der Waals surface area contributed by atoms with Crippen LogP contribution in [0.15, 0.2) is 47.5 Å². The van der Waals surface area contributed by atoms with Gasteiger partial charge < -0.3 is 10.0 Å². The third-order valence-corrected chi connectivity index (χ3v) is 7.11. The molecule has 0 spiro atoms. The lowest BCUT2D eigenvalue weighted by atomic mass is 10.0. The molecule has 39 heavy (non-hydrogen) atoms. The highest BCUT2D eigenvalue weighted by Gasteiger charge is 2.35. The van der Waals surface area contributed by atoms with Gasteiger partial charge in [-0.1, -0.05) is 32.0 Å². The summed E-state index contributed by atoms with van der Waals surface area (Å²) >= 11 is 0. The van der Waals surface area contributed by atoms with Crippen molar-refractivity contribution in [2.75, 3.05) is 13.1 Å². The smallest absolute Gasteiger partial charge is 0.290 e. The van der Waals surface area contributed by atoms with Crippen LogP contribution in [0.25, 0.3) is 17.2 Å². The van der Waals surface area contributed by atoms with Gasteiger partial charge in [0.2, 0.25) is 5.88 Å². The van der Waals surface area contributed by atoms with E-state index in [0.29, 0.717) is 30.6 Å². The SMILES string of the molecule is CCc1cccc(CC)c1-n1c(-c2ccn(C)n2)nc(=O)c(C(=O)N2CCC(c3ncc(F)cc3F)C2)c1O. The molecule has 9 nitrogen and oxygen atoms in total. The molecule has 1 N–H and O–H groups in total. The molecule has 1 saturated heterocycles. The molecule has 4 heterocycles. The fourth-order valence-electron chi connectivity index (χ4n) is 5.17. The topological polar surface area (TPSA) is 106 Å². The van der Waals surface area contributed by atoms with E-state index in [9.17, 15) is 23.5 Å². The summed E-state index contributed by atoms with van der Waals surface area (Å²) in [5.41, 5.74) is 1.47. The maximum atomic E-state index is 14.4. The highest BCUT2D eigenvalue weighted by Crippen LogP contribution is 2.34. The van der Waals surface area contributed by atoms with Crippen molar-refractivity contribution in [2.45, 2.75) is 39.0 Å². The number of pyridine rings is 1. The number of halogens is 2. The summed E-state index contributed by atoms with van der Waals surface area (Å²) in [6, 6.07) is 8.20. The Morgan fingerprint density at radius 3 is 2.49 bits per heavy atom. The molecule has 0 saturated carbocycles. The van der Waals surface area contributed by atoms with E-state index < -0.39 is 40.5 Å². The van der Waals surface area contributed by atoms with Crippen molar-refractivity contribution < 1.29 is 18.7 Å². The number of hydrogen-bond donors (Lipinski definition) is 1. The Morgan fingerprint density at radius 1 is 1.15 bits per heavy atom. The number of carbonyl (C=O) groups excluding carboxylic acids is 1. The van der Waals surface area contributed by atoms with Gasteiger partial charge in [0.15, 0.2) is 11.4 Å². The third-order valence-electron chi connectivity index (χ3n) is 7.11. The summed E-state index contributed by atoms with van der Waals surface area (Å²) in [5.74, 6) is -3.20. The first kappa shape index (κ1) is 26.2. The Kier molecular flexibility index (Phi) is 6.98. The van der Waals surface area contributed by atoms with Crippen LogP contribution < -0.4 is 5.56 Å². The zero-order valence-corrected chi connectivity index (χ0v) is 21.9. The predicted molar refractivity (Wildman–Crippen MR) is 140 cm³/mol. The Morgan fingerprint density at radius 2 is 1.87 bits per heavy atom. The largest absolute Gasteiger partial charge is 0.493 e. The molecule has 1 fully saturated rings. The van der Waals surface area contributed by atoms with Gasteiger partial charge in [0.25, 0.3) is 11.5 Å². The maximum Gasteiger partial charge on any atom is 0.290 e. The van der Waals surface area contributed by atoms with Crippen molar-refractivity contribution in [3.05, 3.63) is 87.1 Å². The molecule has 11 heteroatoms. The van der Waals surface area contributed by atoms with E-state index in [1.165, 1.54) is 9.47 Å². The molecule has 0 bridgehead atoms. The van der Waals surface area contributed by atoms with Crippen LogP contribution in [0.3, 0.4) is 0 Å². The first-order valence-corrected chi connectivity index (χ1v) is 12.8. The monoisotopic (exact) mass is 534 g/mol. The Bertz CT molecular complexity index is 1610. The van der Waals surface area contributed by atoms with E-state index in [1.807, 2.05) is 32.0 Å². The molecule has 1 atom stereocenters. The Hall–Kier alpha value is -4.41. The van der Waals surface area contributed by atoms with Gasteiger partial charge in [-0.3, -0.25) is 23.8 Å². The molecule has 1 unspecified atom stereocenters. The second-order valence-electron chi connectivity index (χ2n) is 9.54. The van der Waals surface area contributed by atoms with Crippen LogP contribution in [0.4, 0.5) is 8.78 Å². The second kappa shape index (κ2) is 10.4. The standard InChI is InChI=1S/C28H28F2N6O3/c1-4-16-7-6-8-17(5-2)24(16)36-25(21-10-11-34(3)33-21)32-26(37)22(28(36)39)27(38)35-12-9-18(15-35)23-20(30)13-19(29)14-31-23/h6-8,10-11,13-14,18,39H,4-5,9,12,15H2,1-3H3. The number of hydrogen-bond acceptors (Lipinski definition) is 6. The average molecular weight is 535 g/mol. The maximum absolute atomic E-state index is 14.4. The molecule has 202 valence electrons. The van der Waals surface area contributed by atoms with E-state index in [4.69, 9.17) is 0 Å². The van der Waals surface area contributed by atoms with Crippen LogP contribution in [-0.4, -0.2) is 53.3 Å². The van der Waals surface area contributed by atoms with Gasteiger partial charge >= 0.3 is 0 Å². The number of aromatic nitrogens is 5. The number of nitrogens with zero attached hydrogens (tertiary/aromatic N) is 6. The summed E-state index contributed by atoms with van der Waals surface area (Å²) in [7, 11) is 1.73. The van der Waals surface area contributed by atoms with Crippen LogP contribution >= 0.6 is 0 Å². The number of benzene rings is 1. The minimum absolute atomic E-state index is 0.0566. The lowest BCUT2D eigenvalue weighted by Gasteiger charge is -2.22. The second-order valence-corrected chi connectivity index (χ2v) is 9.54. The molecule has 0 radical (unpaired) electrons. The summed E-state index contributed by atoms with van der Waals surface area (Å²) in [6.45, 7) is 4.21. The Balaban J connectivity index is 1.63. The van der Waals surface area contributed by atoms with Crippen molar-refractivity contribution in [1.29, 1.82) is 0 Å². The zero-order chi connectivity index (χ0) is 27.8. The lowest BCUT2D eigenvalue weighted by molar-refractivity contribution is 0.0784. The van der Waals surface area contributed by atoms with Crippen LogP contribution in [0.5, 0.6) is 5.88 Å². The first-order valence-electron chi connectivity index (χ1n) is 12.8. The van der Waals surface area contributed by atoms with Crippen molar-refractivity contribution in [2.24, 2.45) is 7.05 Å². The minimum Gasteiger partial charge on any atom is -0.493 e. The van der Waals surface area contributed by atoms with Gasteiger partial charge in [0.1, 0.15) is 17.3 Å². The van der Waals surface area contributed by atoms with Gasteiger partial charge in [-0.05, 0) is 36.5 Å². The van der Waals surface area contributed by atoms with Gasteiger partial charge in [0.05, 0.1) is 17.6 Å². The molecular weight excluding hydrogens is 506 g/mol. The van der Waals surface area contributed by atoms with Crippen LogP contribution in [0.2, 0.25) is 0 Å². The van der Waals surface area contributed by atoms with Crippen LogP contribution in [-0.2, 0) is 19.9 Å². The highest BCUT2D eigenvalue weighted by molar-refractivity contribution is 5.96. The van der Waals surface area contributed by atoms with Crippen molar-refractivity contribution in [3.63, 3.8) is 0 Å². The lowest BCUT2D eigenvalue weighted by Crippen LogP contribution is -2.34. The first-order chi connectivity index (χ1) is 18.7. The molecular formula is C28H28F2N6O3. The quantitative estimate of drug-likeness (QED) is 0.404. The number of carbonyl (C=O) groups is 1. The molecule has 3 aromatic heterocycles. The number of amides is 1. The number of aryl methyl sites for hydroxylation is 3. The third kappa shape index (κ3) is 4.68. The summed E-state index contributed by atoms with van der Waals surface area (Å²) in [6.07, 6.45) is 4.26. The molecule has 5 rings (SSSR count). The van der Waals surface area contributed by atoms with E-state index in [-0.39, 0.29) is 24.6 Å². The van der Waals surface area contributed by atoms with Crippen molar-refractivity contribution in [3.8, 4) is 23.1 Å². The summed E-state index contributed by atoms with van der Waals surface area (Å²) in [5, 5.41) is 16.0. The Labute approximate surface area is 223 Å². The molecule has 1 aliphatic heterocycles. The number of para-hydroxylation sites is 1. The molecule has 0 aliphatic carbocycles. The highest BCUT2D eigenvalue weighted by atomic mass is 19.1. The van der Waals surface area contributed by atoms with Crippen LogP contribution in [0, 0.1) is 11.6 Å². The predicted octanol–water partition coefficient (Wildman–Crippen LogP) is 3.77. The fourth-order valence-corrected chi connectivity index (χ4v) is 5.17. The number of likely N-dealkylation sites (tertiary alicyclic amines) is 1. The van der Waals surface area contributed by atoms with E-state index in [1.54, 1.807) is 24.0 Å². The number of aromatic hydroxyl groups is 1. The molecule has 4 aromatic rings. The van der Waals surface area contributed by atoms with Gasteiger partial charge in [-0.25, -0.2) is 8.78 Å². The zero-order valence-electron chi connectivity index (χ0n) is 21.9. The molecule has 1 amide bonds. The van der Waals surface area contributed by atoms with E-state index >= 15 is 0 Å². The normalized spacial score (nSPS) is 15.2. The number of rotatable bonds is 6. The minimum atomic E-state index is -0.893. The van der Waals surface area contributed by atoms with E-state index in [0.717, 1.165) is 23.4 Å². The van der Waals surface area contributed by atoms with Crippen molar-refractivity contribution >= 4 is 5.91 Å².